The lowest BCUT2D eigenvalue weighted by Gasteiger charge is -2.13. The first kappa shape index (κ1) is 11.1. The van der Waals surface area contributed by atoms with Gasteiger partial charge in [-0.05, 0) is 25.5 Å². The van der Waals surface area contributed by atoms with E-state index in [0.29, 0.717) is 6.42 Å². The van der Waals surface area contributed by atoms with E-state index in [1.165, 1.54) is 0 Å². The standard InChI is InChI=1S/C11H12BrNO/c1-7-6-10(12)8(2)11(14-3)9(7)4-5-13/h6H,4H2,1-3H3. The first-order valence-electron chi connectivity index (χ1n) is 4.31. The third-order valence-corrected chi connectivity index (χ3v) is 3.08. The smallest absolute Gasteiger partial charge is 0.127 e. The van der Waals surface area contributed by atoms with Crippen molar-refractivity contribution in [2.24, 2.45) is 0 Å². The number of halogens is 1. The SMILES string of the molecule is COc1c(C)c(Br)cc(C)c1CC#N. The van der Waals surface area contributed by atoms with Crippen LogP contribution in [-0.2, 0) is 6.42 Å². The molecule has 0 aliphatic carbocycles. The lowest BCUT2D eigenvalue weighted by Crippen LogP contribution is -1.98. The lowest BCUT2D eigenvalue weighted by atomic mass is 10.0. The predicted molar refractivity (Wildman–Crippen MR) is 59.5 cm³/mol. The zero-order valence-electron chi connectivity index (χ0n) is 8.52. The van der Waals surface area contributed by atoms with Crippen LogP contribution >= 0.6 is 15.9 Å². The number of benzene rings is 1. The van der Waals surface area contributed by atoms with Gasteiger partial charge in [0.15, 0.2) is 0 Å². The highest BCUT2D eigenvalue weighted by atomic mass is 79.9. The van der Waals surface area contributed by atoms with Gasteiger partial charge >= 0.3 is 0 Å². The van der Waals surface area contributed by atoms with E-state index in [9.17, 15) is 0 Å². The van der Waals surface area contributed by atoms with Crippen LogP contribution < -0.4 is 4.74 Å². The van der Waals surface area contributed by atoms with Crippen LogP contribution in [0.2, 0.25) is 0 Å². The summed E-state index contributed by atoms with van der Waals surface area (Å²) in [5.74, 6) is 0.818. The summed E-state index contributed by atoms with van der Waals surface area (Å²) in [6.07, 6.45) is 0.392. The minimum atomic E-state index is 0.392. The normalized spacial score (nSPS) is 9.64. The number of nitrogens with zero attached hydrogens (tertiary/aromatic N) is 1. The molecule has 0 aliphatic heterocycles. The van der Waals surface area contributed by atoms with Gasteiger partial charge in [0.05, 0.1) is 19.6 Å². The molecule has 74 valence electrons. The quantitative estimate of drug-likeness (QED) is 0.812. The van der Waals surface area contributed by atoms with Crippen molar-refractivity contribution in [2.75, 3.05) is 7.11 Å². The second-order valence-electron chi connectivity index (χ2n) is 3.15. The maximum atomic E-state index is 8.71. The number of methoxy groups -OCH3 is 1. The molecule has 0 radical (unpaired) electrons. The molecular formula is C11H12BrNO. The molecule has 0 amide bonds. The lowest BCUT2D eigenvalue weighted by molar-refractivity contribution is 0.407. The van der Waals surface area contributed by atoms with Crippen molar-refractivity contribution in [3.63, 3.8) is 0 Å². The molecule has 0 heterocycles. The molecule has 2 nitrogen and oxygen atoms in total. The van der Waals surface area contributed by atoms with Crippen LogP contribution in [0.4, 0.5) is 0 Å². The number of rotatable bonds is 2. The summed E-state index contributed by atoms with van der Waals surface area (Å²) >= 11 is 3.46. The topological polar surface area (TPSA) is 33.0 Å². The average molecular weight is 254 g/mol. The monoisotopic (exact) mass is 253 g/mol. The maximum Gasteiger partial charge on any atom is 0.127 e. The molecule has 14 heavy (non-hydrogen) atoms. The van der Waals surface area contributed by atoms with E-state index < -0.39 is 0 Å². The third-order valence-electron chi connectivity index (χ3n) is 2.25. The Labute approximate surface area is 92.6 Å². The second kappa shape index (κ2) is 4.47. The highest BCUT2D eigenvalue weighted by Gasteiger charge is 2.12. The molecule has 1 aromatic rings. The average Bonchev–Trinajstić information content (AvgIpc) is 2.15. The zero-order valence-corrected chi connectivity index (χ0v) is 10.1. The van der Waals surface area contributed by atoms with Crippen molar-refractivity contribution in [2.45, 2.75) is 20.3 Å². The zero-order chi connectivity index (χ0) is 10.7. The summed E-state index contributed by atoms with van der Waals surface area (Å²) < 4.78 is 6.33. The highest BCUT2D eigenvalue weighted by molar-refractivity contribution is 9.10. The Balaban J connectivity index is 3.40. The minimum Gasteiger partial charge on any atom is -0.496 e. The van der Waals surface area contributed by atoms with E-state index >= 15 is 0 Å². The van der Waals surface area contributed by atoms with Gasteiger partial charge < -0.3 is 4.74 Å². The van der Waals surface area contributed by atoms with Gasteiger partial charge in [-0.25, -0.2) is 0 Å². The Bertz CT molecular complexity index is 393. The van der Waals surface area contributed by atoms with Gasteiger partial charge in [-0.1, -0.05) is 15.9 Å². The van der Waals surface area contributed by atoms with E-state index in [-0.39, 0.29) is 0 Å². The molecule has 3 heteroatoms. The van der Waals surface area contributed by atoms with Gasteiger partial charge in [0.2, 0.25) is 0 Å². The van der Waals surface area contributed by atoms with Gasteiger partial charge in [0.1, 0.15) is 5.75 Å². The fourth-order valence-corrected chi connectivity index (χ4v) is 2.00. The third kappa shape index (κ3) is 1.91. The summed E-state index contributed by atoms with van der Waals surface area (Å²) in [4.78, 5) is 0. The van der Waals surface area contributed by atoms with Gasteiger partial charge in [-0.2, -0.15) is 5.26 Å². The van der Waals surface area contributed by atoms with Crippen LogP contribution in [0.1, 0.15) is 16.7 Å². The largest absolute Gasteiger partial charge is 0.496 e. The predicted octanol–water partition coefficient (Wildman–Crippen LogP) is 3.14. The van der Waals surface area contributed by atoms with Crippen LogP contribution in [0.3, 0.4) is 0 Å². The molecule has 0 fully saturated rings. The summed E-state index contributed by atoms with van der Waals surface area (Å²) in [6.45, 7) is 3.96. The summed E-state index contributed by atoms with van der Waals surface area (Å²) in [5, 5.41) is 8.71. The molecule has 0 saturated heterocycles. The summed E-state index contributed by atoms with van der Waals surface area (Å²) in [6, 6.07) is 4.17. The van der Waals surface area contributed by atoms with Crippen LogP contribution in [0, 0.1) is 25.2 Å². The minimum absolute atomic E-state index is 0.392. The number of ether oxygens (including phenoxy) is 1. The van der Waals surface area contributed by atoms with E-state index in [2.05, 4.69) is 22.0 Å². The fraction of sp³-hybridized carbons (Fsp3) is 0.364. The van der Waals surface area contributed by atoms with E-state index in [1.807, 2.05) is 19.9 Å². The van der Waals surface area contributed by atoms with Gasteiger partial charge in [0, 0.05) is 15.6 Å². The molecule has 0 saturated carbocycles. The first-order valence-corrected chi connectivity index (χ1v) is 5.10. The molecule has 0 atom stereocenters. The fourth-order valence-electron chi connectivity index (χ4n) is 1.47. The second-order valence-corrected chi connectivity index (χ2v) is 4.00. The van der Waals surface area contributed by atoms with Gasteiger partial charge in [-0.3, -0.25) is 0 Å². The Morgan fingerprint density at radius 3 is 2.64 bits per heavy atom. The van der Waals surface area contributed by atoms with Crippen molar-refractivity contribution in [1.82, 2.24) is 0 Å². The van der Waals surface area contributed by atoms with Crippen LogP contribution in [0.15, 0.2) is 10.5 Å². The Morgan fingerprint density at radius 2 is 2.14 bits per heavy atom. The van der Waals surface area contributed by atoms with Crippen molar-refractivity contribution in [1.29, 1.82) is 5.26 Å². The molecule has 0 spiro atoms. The molecule has 0 aromatic heterocycles. The number of hydrogen-bond acceptors (Lipinski definition) is 2. The van der Waals surface area contributed by atoms with Crippen molar-refractivity contribution in [3.8, 4) is 11.8 Å². The molecule has 0 bridgehead atoms. The summed E-state index contributed by atoms with van der Waals surface area (Å²) in [5.41, 5.74) is 3.11. The van der Waals surface area contributed by atoms with Crippen LogP contribution in [0.25, 0.3) is 0 Å². The number of aryl methyl sites for hydroxylation is 1. The number of nitriles is 1. The number of hydrogen-bond donors (Lipinski definition) is 0. The van der Waals surface area contributed by atoms with Crippen molar-refractivity contribution >= 4 is 15.9 Å². The molecule has 0 N–H and O–H groups in total. The highest BCUT2D eigenvalue weighted by Crippen LogP contribution is 2.32. The molecule has 1 aromatic carbocycles. The molecule has 0 aliphatic rings. The van der Waals surface area contributed by atoms with E-state index in [4.69, 9.17) is 10.00 Å². The Hall–Kier alpha value is -1.01. The van der Waals surface area contributed by atoms with E-state index in [0.717, 1.165) is 26.9 Å². The van der Waals surface area contributed by atoms with Crippen molar-refractivity contribution in [3.05, 3.63) is 27.2 Å². The van der Waals surface area contributed by atoms with Crippen LogP contribution in [-0.4, -0.2) is 7.11 Å². The van der Waals surface area contributed by atoms with Gasteiger partial charge in [-0.15, -0.1) is 0 Å². The van der Waals surface area contributed by atoms with Gasteiger partial charge in [0.25, 0.3) is 0 Å². The van der Waals surface area contributed by atoms with E-state index in [1.54, 1.807) is 7.11 Å². The Morgan fingerprint density at radius 1 is 1.50 bits per heavy atom. The first-order chi connectivity index (χ1) is 6.61. The van der Waals surface area contributed by atoms with Crippen molar-refractivity contribution < 1.29 is 4.74 Å². The molecule has 1 rings (SSSR count). The summed E-state index contributed by atoms with van der Waals surface area (Å²) in [7, 11) is 1.63. The molecule has 0 unspecified atom stereocenters. The Kier molecular flexibility index (Phi) is 3.54. The van der Waals surface area contributed by atoms with Crippen LogP contribution in [0.5, 0.6) is 5.75 Å². The molecular weight excluding hydrogens is 242 g/mol. The maximum absolute atomic E-state index is 8.71.